The summed E-state index contributed by atoms with van der Waals surface area (Å²) in [6, 6.07) is 8.25. The summed E-state index contributed by atoms with van der Waals surface area (Å²) >= 11 is 0. The lowest BCUT2D eigenvalue weighted by molar-refractivity contribution is 0.542. The van der Waals surface area contributed by atoms with Crippen LogP contribution in [0.3, 0.4) is 0 Å². The first-order chi connectivity index (χ1) is 16.7. The molecule has 6 rings (SSSR count). The predicted molar refractivity (Wildman–Crippen MR) is 135 cm³/mol. The van der Waals surface area contributed by atoms with Crippen molar-refractivity contribution in [1.82, 2.24) is 35.0 Å². The molecule has 8 nitrogen and oxygen atoms in total. The first-order valence-corrected chi connectivity index (χ1v) is 11.0. The lowest BCUT2D eigenvalue weighted by Crippen LogP contribution is -2.11. The Morgan fingerprint density at radius 2 is 1.82 bits per heavy atom. The van der Waals surface area contributed by atoms with Crippen LogP contribution in [0, 0.1) is 0 Å². The normalized spacial score (nSPS) is 13.7. The average molecular weight is 447 g/mol. The van der Waals surface area contributed by atoms with E-state index in [1.165, 1.54) is 0 Å². The van der Waals surface area contributed by atoms with Gasteiger partial charge in [-0.15, -0.1) is 0 Å². The number of aromatic amines is 2. The number of pyridine rings is 3. The molecule has 0 bridgehead atoms. The zero-order valence-corrected chi connectivity index (χ0v) is 18.8. The number of nitrogens with one attached hydrogen (secondary N) is 2. The van der Waals surface area contributed by atoms with Crippen molar-refractivity contribution in [2.75, 3.05) is 20.6 Å². The zero-order valence-electron chi connectivity index (χ0n) is 18.8. The third kappa shape index (κ3) is 3.45. The fourth-order valence-corrected chi connectivity index (χ4v) is 4.21. The Labute approximate surface area is 195 Å². The van der Waals surface area contributed by atoms with Crippen LogP contribution in [0.5, 0.6) is 0 Å². The Morgan fingerprint density at radius 3 is 2.68 bits per heavy atom. The molecule has 6 heterocycles. The maximum atomic E-state index is 4.62. The highest BCUT2D eigenvalue weighted by molar-refractivity contribution is 6.00. The van der Waals surface area contributed by atoms with Crippen molar-refractivity contribution in [2.45, 2.75) is 0 Å². The number of H-pyrrole nitrogens is 2. The first kappa shape index (κ1) is 20.0. The van der Waals surface area contributed by atoms with Crippen LogP contribution in [-0.2, 0) is 0 Å². The van der Waals surface area contributed by atoms with E-state index in [1.807, 2.05) is 51.0 Å². The fourth-order valence-electron chi connectivity index (χ4n) is 4.21. The van der Waals surface area contributed by atoms with Crippen LogP contribution in [0.15, 0.2) is 78.1 Å². The standard InChI is InChI=1S/C26H22N8/c1-34(2)19-9-17(5-8-28-13-19)18-10-21-25(32-33-26(21)30-12-18)23-11-20-22(14-29-15-24(20)31-23)16-3-6-27-7-4-16/h3-7,9-15,31H,8H2,1-2H3,(H,30,32,33). The molecular formula is C26H22N8. The molecule has 0 spiro atoms. The number of aromatic nitrogens is 6. The van der Waals surface area contributed by atoms with Crippen molar-refractivity contribution in [1.29, 1.82) is 0 Å². The largest absolute Gasteiger partial charge is 0.376 e. The van der Waals surface area contributed by atoms with E-state index in [0.29, 0.717) is 12.2 Å². The van der Waals surface area contributed by atoms with Gasteiger partial charge in [0, 0.05) is 67.0 Å². The minimum atomic E-state index is 0.631. The van der Waals surface area contributed by atoms with Gasteiger partial charge in [-0.1, -0.05) is 6.08 Å². The van der Waals surface area contributed by atoms with Crippen molar-refractivity contribution < 1.29 is 0 Å². The van der Waals surface area contributed by atoms with Gasteiger partial charge in [0.05, 0.1) is 35.3 Å². The summed E-state index contributed by atoms with van der Waals surface area (Å²) in [7, 11) is 4.03. The molecule has 0 aromatic carbocycles. The van der Waals surface area contributed by atoms with E-state index in [0.717, 1.165) is 55.6 Å². The van der Waals surface area contributed by atoms with Crippen LogP contribution in [0.1, 0.15) is 5.56 Å². The van der Waals surface area contributed by atoms with Gasteiger partial charge < -0.3 is 9.88 Å². The molecule has 1 aliphatic rings. The van der Waals surface area contributed by atoms with E-state index in [4.69, 9.17) is 0 Å². The van der Waals surface area contributed by atoms with Gasteiger partial charge in [0.1, 0.15) is 0 Å². The Balaban J connectivity index is 1.46. The first-order valence-electron chi connectivity index (χ1n) is 11.0. The highest BCUT2D eigenvalue weighted by Gasteiger charge is 2.15. The lowest BCUT2D eigenvalue weighted by Gasteiger charge is -2.13. The van der Waals surface area contributed by atoms with Crippen LogP contribution < -0.4 is 0 Å². The fraction of sp³-hybridized carbons (Fsp3) is 0.115. The summed E-state index contributed by atoms with van der Waals surface area (Å²) < 4.78 is 0. The summed E-state index contributed by atoms with van der Waals surface area (Å²) in [5, 5.41) is 9.66. The molecule has 0 fully saturated rings. The molecule has 0 unspecified atom stereocenters. The molecule has 0 radical (unpaired) electrons. The van der Waals surface area contributed by atoms with Crippen molar-refractivity contribution in [3.63, 3.8) is 0 Å². The van der Waals surface area contributed by atoms with Gasteiger partial charge >= 0.3 is 0 Å². The van der Waals surface area contributed by atoms with Crippen LogP contribution in [0.4, 0.5) is 0 Å². The zero-order chi connectivity index (χ0) is 23.1. The Hall–Kier alpha value is -4.59. The number of rotatable bonds is 4. The van der Waals surface area contributed by atoms with Crippen LogP contribution in [-0.4, -0.2) is 61.9 Å². The van der Waals surface area contributed by atoms with Crippen molar-refractivity contribution in [3.05, 3.63) is 78.7 Å². The van der Waals surface area contributed by atoms with Gasteiger partial charge in [-0.25, -0.2) is 4.98 Å². The molecule has 2 N–H and O–H groups in total. The van der Waals surface area contributed by atoms with E-state index in [2.05, 4.69) is 64.3 Å². The summed E-state index contributed by atoms with van der Waals surface area (Å²) in [6.07, 6.45) is 15.3. The molecule has 0 aliphatic carbocycles. The molecular weight excluding hydrogens is 424 g/mol. The van der Waals surface area contributed by atoms with E-state index >= 15 is 0 Å². The van der Waals surface area contributed by atoms with Crippen molar-refractivity contribution in [3.8, 4) is 22.5 Å². The summed E-state index contributed by atoms with van der Waals surface area (Å²) in [4.78, 5) is 23.2. The number of nitrogens with zero attached hydrogens (tertiary/aromatic N) is 6. The van der Waals surface area contributed by atoms with Gasteiger partial charge in [0.25, 0.3) is 0 Å². The number of hydrogen-bond acceptors (Lipinski definition) is 6. The highest BCUT2D eigenvalue weighted by Crippen LogP contribution is 2.34. The Morgan fingerprint density at radius 1 is 0.941 bits per heavy atom. The Kier molecular flexibility index (Phi) is 4.76. The molecule has 0 saturated heterocycles. The van der Waals surface area contributed by atoms with E-state index in [-0.39, 0.29) is 0 Å². The van der Waals surface area contributed by atoms with Crippen LogP contribution in [0.25, 0.3) is 50.0 Å². The molecule has 5 aromatic rings. The van der Waals surface area contributed by atoms with Gasteiger partial charge in [-0.2, -0.15) is 5.10 Å². The van der Waals surface area contributed by atoms with Crippen LogP contribution >= 0.6 is 0 Å². The second kappa shape index (κ2) is 8.08. The summed E-state index contributed by atoms with van der Waals surface area (Å²) in [5.74, 6) is 0. The summed E-state index contributed by atoms with van der Waals surface area (Å²) in [6.45, 7) is 0.631. The van der Waals surface area contributed by atoms with E-state index in [9.17, 15) is 0 Å². The smallest absolute Gasteiger partial charge is 0.181 e. The molecule has 0 amide bonds. The molecule has 34 heavy (non-hydrogen) atoms. The highest BCUT2D eigenvalue weighted by atomic mass is 15.2. The van der Waals surface area contributed by atoms with E-state index in [1.54, 1.807) is 12.4 Å². The van der Waals surface area contributed by atoms with Crippen molar-refractivity contribution >= 4 is 33.7 Å². The van der Waals surface area contributed by atoms with E-state index < -0.39 is 0 Å². The molecule has 1 aliphatic heterocycles. The lowest BCUT2D eigenvalue weighted by atomic mass is 10.0. The quantitative estimate of drug-likeness (QED) is 0.424. The van der Waals surface area contributed by atoms with Crippen molar-refractivity contribution in [2.24, 2.45) is 4.99 Å². The number of hydrogen-bond donors (Lipinski definition) is 2. The number of aliphatic imine (C=N–C) groups is 1. The van der Waals surface area contributed by atoms with Gasteiger partial charge in [0.15, 0.2) is 5.65 Å². The number of fused-ring (bicyclic) bond motifs is 2. The average Bonchev–Trinajstić information content (AvgIpc) is 3.40. The van der Waals surface area contributed by atoms with Gasteiger partial charge in [-0.05, 0) is 41.5 Å². The maximum Gasteiger partial charge on any atom is 0.181 e. The Bertz CT molecular complexity index is 1600. The molecule has 5 aromatic heterocycles. The third-order valence-electron chi connectivity index (χ3n) is 6.01. The van der Waals surface area contributed by atoms with Gasteiger partial charge in [-0.3, -0.25) is 20.1 Å². The summed E-state index contributed by atoms with van der Waals surface area (Å²) in [5.41, 5.74) is 8.73. The number of allylic oxidation sites excluding steroid dienone is 3. The second-order valence-electron chi connectivity index (χ2n) is 8.38. The molecule has 0 atom stereocenters. The molecule has 8 heteroatoms. The van der Waals surface area contributed by atoms with Crippen LogP contribution in [0.2, 0.25) is 0 Å². The molecule has 0 saturated carbocycles. The minimum Gasteiger partial charge on any atom is -0.376 e. The minimum absolute atomic E-state index is 0.631. The SMILES string of the molecule is CN(C)C1=CC(c2cnc3n[nH]c(-c4cc5c(-c6ccncc6)cncc5[nH]4)c3c2)=CCN=C1. The molecule has 166 valence electrons. The third-order valence-corrected chi connectivity index (χ3v) is 6.01. The second-order valence-corrected chi connectivity index (χ2v) is 8.38. The van der Waals surface area contributed by atoms with Gasteiger partial charge in [0.2, 0.25) is 0 Å². The topological polar surface area (TPSA) is 98.7 Å². The monoisotopic (exact) mass is 446 g/mol. The maximum absolute atomic E-state index is 4.62. The predicted octanol–water partition coefficient (Wildman–Crippen LogP) is 4.48.